The van der Waals surface area contributed by atoms with E-state index in [1.807, 2.05) is 75.7 Å². The second kappa shape index (κ2) is 18.6. The smallest absolute Gasteiger partial charge is 0.243 e. The molecule has 8 nitrogen and oxygen atoms in total. The monoisotopic (exact) mass is 655 g/mol. The van der Waals surface area contributed by atoms with Crippen LogP contribution in [0.3, 0.4) is 0 Å². The Bertz CT molecular complexity index is 1390. The van der Waals surface area contributed by atoms with E-state index in [1.54, 1.807) is 0 Å². The molecule has 0 bridgehead atoms. The van der Waals surface area contributed by atoms with Gasteiger partial charge in [-0.2, -0.15) is 0 Å². The van der Waals surface area contributed by atoms with E-state index >= 15 is 0 Å². The average Bonchev–Trinajstić information content (AvgIpc) is 3.07. The van der Waals surface area contributed by atoms with Gasteiger partial charge in [0.2, 0.25) is 11.8 Å². The van der Waals surface area contributed by atoms with Crippen molar-refractivity contribution >= 4 is 17.5 Å². The third-order valence-corrected chi connectivity index (χ3v) is 9.05. The summed E-state index contributed by atoms with van der Waals surface area (Å²) in [5, 5.41) is 6.51. The molecule has 3 aromatic carbocycles. The molecule has 260 valence electrons. The molecular formula is C40H57N5O3. The minimum atomic E-state index is -0.697. The molecule has 0 aromatic heterocycles. The molecule has 1 saturated heterocycles. The molecule has 1 heterocycles. The number of likely N-dealkylation sites (N-methyl/N-ethyl adjacent to an activating group) is 1. The highest BCUT2D eigenvalue weighted by Crippen LogP contribution is 2.19. The van der Waals surface area contributed by atoms with Crippen molar-refractivity contribution in [3.63, 3.8) is 0 Å². The summed E-state index contributed by atoms with van der Waals surface area (Å²) in [6, 6.07) is 25.4. The summed E-state index contributed by atoms with van der Waals surface area (Å²) in [5.74, 6) is 0.835. The Morgan fingerprint density at radius 3 is 2.23 bits per heavy atom. The van der Waals surface area contributed by atoms with E-state index in [0.717, 1.165) is 67.0 Å². The number of nitrogens with zero attached hydrogens (tertiary/aromatic N) is 3. The lowest BCUT2D eigenvalue weighted by molar-refractivity contribution is -0.132. The van der Waals surface area contributed by atoms with Crippen molar-refractivity contribution < 1.29 is 14.3 Å². The summed E-state index contributed by atoms with van der Waals surface area (Å²) in [4.78, 5) is 34.7. The van der Waals surface area contributed by atoms with Crippen LogP contribution in [0.25, 0.3) is 0 Å². The van der Waals surface area contributed by atoms with Gasteiger partial charge in [-0.05, 0) is 92.7 Å². The molecule has 0 spiro atoms. The molecule has 8 heteroatoms. The molecule has 0 saturated carbocycles. The van der Waals surface area contributed by atoms with Gasteiger partial charge in [0.1, 0.15) is 18.4 Å². The van der Waals surface area contributed by atoms with Crippen LogP contribution in [0.1, 0.15) is 63.1 Å². The molecule has 3 unspecified atom stereocenters. The molecule has 48 heavy (non-hydrogen) atoms. The number of likely N-dealkylation sites (tertiary alicyclic amines) is 1. The fraction of sp³-hybridized carbons (Fsp3) is 0.500. The van der Waals surface area contributed by atoms with Gasteiger partial charge >= 0.3 is 0 Å². The minimum absolute atomic E-state index is 0.0743. The Labute approximate surface area is 288 Å². The number of ether oxygens (including phenoxy) is 1. The van der Waals surface area contributed by atoms with Gasteiger partial charge in [-0.25, -0.2) is 0 Å². The molecule has 2 amide bonds. The number of rotatable bonds is 17. The summed E-state index contributed by atoms with van der Waals surface area (Å²) in [7, 11) is 6.06. The number of nitrogens with one attached hydrogen (secondary N) is 2. The van der Waals surface area contributed by atoms with E-state index in [1.165, 1.54) is 0 Å². The van der Waals surface area contributed by atoms with E-state index < -0.39 is 6.04 Å². The molecule has 1 fully saturated rings. The summed E-state index contributed by atoms with van der Waals surface area (Å²) in [6.45, 7) is 10.5. The number of anilines is 1. The van der Waals surface area contributed by atoms with Gasteiger partial charge in [-0.15, -0.1) is 0 Å². The number of amides is 2. The van der Waals surface area contributed by atoms with E-state index in [-0.39, 0.29) is 23.9 Å². The second-order valence-electron chi connectivity index (χ2n) is 14.0. The van der Waals surface area contributed by atoms with Gasteiger partial charge < -0.3 is 25.2 Å². The first-order chi connectivity index (χ1) is 23.1. The van der Waals surface area contributed by atoms with Crippen LogP contribution in [0.2, 0.25) is 0 Å². The van der Waals surface area contributed by atoms with Gasteiger partial charge in [-0.1, -0.05) is 75.4 Å². The van der Waals surface area contributed by atoms with Crippen molar-refractivity contribution in [2.75, 3.05) is 45.7 Å². The zero-order valence-corrected chi connectivity index (χ0v) is 30.0. The lowest BCUT2D eigenvalue weighted by Gasteiger charge is -2.34. The van der Waals surface area contributed by atoms with Gasteiger partial charge in [0, 0.05) is 45.3 Å². The first kappa shape index (κ1) is 36.9. The minimum Gasteiger partial charge on any atom is -0.489 e. The first-order valence-corrected chi connectivity index (χ1v) is 17.7. The van der Waals surface area contributed by atoms with E-state index in [0.29, 0.717) is 31.9 Å². The van der Waals surface area contributed by atoms with Gasteiger partial charge in [-0.3, -0.25) is 14.5 Å². The highest BCUT2D eigenvalue weighted by Gasteiger charge is 2.31. The molecule has 2 N–H and O–H groups in total. The highest BCUT2D eigenvalue weighted by atomic mass is 16.5. The SMILES string of the molecule is CCCN1CCCC(NC(=O)C(Cc2ccc(OCc3ccccc3)cc2)NC(=O)C(CC(C)C)N(C)Cc2ccc(N(C)C)cc2)C1. The van der Waals surface area contributed by atoms with Crippen LogP contribution < -0.4 is 20.3 Å². The maximum Gasteiger partial charge on any atom is 0.243 e. The van der Waals surface area contributed by atoms with E-state index in [4.69, 9.17) is 4.74 Å². The molecule has 1 aliphatic heterocycles. The number of hydrogen-bond donors (Lipinski definition) is 2. The largest absolute Gasteiger partial charge is 0.489 e. The number of carbonyl (C=O) groups is 2. The fourth-order valence-corrected chi connectivity index (χ4v) is 6.40. The molecular weight excluding hydrogens is 598 g/mol. The third kappa shape index (κ3) is 11.7. The third-order valence-electron chi connectivity index (χ3n) is 9.05. The zero-order chi connectivity index (χ0) is 34.5. The van der Waals surface area contributed by atoms with Crippen molar-refractivity contribution in [3.8, 4) is 5.75 Å². The van der Waals surface area contributed by atoms with Crippen molar-refractivity contribution in [1.29, 1.82) is 0 Å². The van der Waals surface area contributed by atoms with Crippen molar-refractivity contribution in [2.45, 2.75) is 84.2 Å². The molecule has 3 aromatic rings. The molecule has 4 rings (SSSR count). The number of hydrogen-bond acceptors (Lipinski definition) is 6. The first-order valence-electron chi connectivity index (χ1n) is 17.7. The van der Waals surface area contributed by atoms with Crippen LogP contribution in [0.15, 0.2) is 78.9 Å². The molecule has 3 atom stereocenters. The predicted molar refractivity (Wildman–Crippen MR) is 196 cm³/mol. The van der Waals surface area contributed by atoms with Crippen LogP contribution in [0.5, 0.6) is 5.75 Å². The Hall–Kier alpha value is -3.88. The van der Waals surface area contributed by atoms with Crippen LogP contribution in [-0.4, -0.2) is 80.5 Å². The van der Waals surface area contributed by atoms with Crippen LogP contribution in [0, 0.1) is 5.92 Å². The van der Waals surface area contributed by atoms with Crippen LogP contribution in [0.4, 0.5) is 5.69 Å². The maximum atomic E-state index is 14.1. The van der Waals surface area contributed by atoms with Crippen molar-refractivity contribution in [3.05, 3.63) is 95.6 Å². The van der Waals surface area contributed by atoms with Crippen LogP contribution in [-0.2, 0) is 29.2 Å². The van der Waals surface area contributed by atoms with Crippen molar-refractivity contribution in [2.24, 2.45) is 5.92 Å². The average molecular weight is 656 g/mol. The second-order valence-corrected chi connectivity index (χ2v) is 14.0. The van der Waals surface area contributed by atoms with E-state index in [9.17, 15) is 9.59 Å². The van der Waals surface area contributed by atoms with E-state index in [2.05, 4.69) is 70.4 Å². The van der Waals surface area contributed by atoms with Gasteiger partial charge in [0.15, 0.2) is 0 Å². The number of benzene rings is 3. The fourth-order valence-electron chi connectivity index (χ4n) is 6.40. The van der Waals surface area contributed by atoms with Gasteiger partial charge in [0.05, 0.1) is 6.04 Å². The Morgan fingerprint density at radius 2 is 1.58 bits per heavy atom. The molecule has 0 aliphatic carbocycles. The topological polar surface area (TPSA) is 77.2 Å². The Morgan fingerprint density at radius 1 is 0.896 bits per heavy atom. The van der Waals surface area contributed by atoms with Crippen molar-refractivity contribution in [1.82, 2.24) is 20.4 Å². The summed E-state index contributed by atoms with van der Waals surface area (Å²) < 4.78 is 5.99. The summed E-state index contributed by atoms with van der Waals surface area (Å²) in [6.07, 6.45) is 4.18. The normalized spacial score (nSPS) is 16.4. The lowest BCUT2D eigenvalue weighted by Crippen LogP contribution is -2.57. The zero-order valence-electron chi connectivity index (χ0n) is 30.0. The summed E-state index contributed by atoms with van der Waals surface area (Å²) in [5.41, 5.74) is 4.35. The quantitative estimate of drug-likeness (QED) is 0.189. The highest BCUT2D eigenvalue weighted by molar-refractivity contribution is 5.90. The van der Waals surface area contributed by atoms with Crippen LogP contribution >= 0.6 is 0 Å². The maximum absolute atomic E-state index is 14.1. The summed E-state index contributed by atoms with van der Waals surface area (Å²) >= 11 is 0. The predicted octanol–water partition coefficient (Wildman–Crippen LogP) is 5.90. The lowest BCUT2D eigenvalue weighted by atomic mass is 9.99. The molecule has 0 radical (unpaired) electrons. The Kier molecular flexibility index (Phi) is 14.3. The number of piperidine rings is 1. The molecule has 1 aliphatic rings. The Balaban J connectivity index is 1.48. The standard InChI is InChI=1S/C40H57N5O3/c1-7-23-45-24-11-14-34(28-45)41-39(46)37(26-31-17-21-36(22-18-31)48-29-33-12-9-8-10-13-33)42-40(47)38(25-30(2)3)44(6)27-32-15-19-35(20-16-32)43(4)5/h8-10,12-13,15-22,30,34,37-38H,7,11,14,23-29H2,1-6H3,(H,41,46)(H,42,47). The number of carbonyl (C=O) groups excluding carboxylic acids is 2. The van der Waals surface area contributed by atoms with Gasteiger partial charge in [0.25, 0.3) is 0 Å².